The van der Waals surface area contributed by atoms with Crippen LogP contribution in [0.1, 0.15) is 18.9 Å². The molecule has 0 aromatic heterocycles. The largest absolute Gasteiger partial charge is 0.497 e. The first kappa shape index (κ1) is 14.3. The first-order chi connectivity index (χ1) is 8.71. The van der Waals surface area contributed by atoms with E-state index in [1.54, 1.807) is 25.3 Å². The van der Waals surface area contributed by atoms with Crippen molar-refractivity contribution in [2.45, 2.75) is 20.0 Å². The molecule has 0 saturated carbocycles. The highest BCUT2D eigenvalue weighted by atomic mass is 16.5. The third-order valence-corrected chi connectivity index (χ3v) is 2.40. The number of ether oxygens (including phenoxy) is 2. The van der Waals surface area contributed by atoms with Gasteiger partial charge in [0.25, 0.3) is 0 Å². The summed E-state index contributed by atoms with van der Waals surface area (Å²) in [7, 11) is 1.56. The molecule has 1 amide bonds. The smallest absolute Gasteiger partial charge is 0.223 e. The summed E-state index contributed by atoms with van der Waals surface area (Å²) in [4.78, 5) is 11.2. The SMILES string of the molecule is CCNC(=O)CCOc1ccc(OC)cc1CO. The lowest BCUT2D eigenvalue weighted by molar-refractivity contribution is -0.121. The van der Waals surface area contributed by atoms with Crippen LogP contribution in [0.3, 0.4) is 0 Å². The monoisotopic (exact) mass is 253 g/mol. The fraction of sp³-hybridized carbons (Fsp3) is 0.462. The third kappa shape index (κ3) is 4.25. The number of rotatable bonds is 7. The van der Waals surface area contributed by atoms with E-state index in [9.17, 15) is 9.90 Å². The van der Waals surface area contributed by atoms with E-state index in [1.165, 1.54) is 0 Å². The van der Waals surface area contributed by atoms with Gasteiger partial charge in [0.2, 0.25) is 5.91 Å². The van der Waals surface area contributed by atoms with Crippen molar-refractivity contribution < 1.29 is 19.4 Å². The summed E-state index contributed by atoms with van der Waals surface area (Å²) in [5.41, 5.74) is 0.644. The second kappa shape index (κ2) is 7.55. The first-order valence-electron chi connectivity index (χ1n) is 5.88. The average Bonchev–Trinajstić information content (AvgIpc) is 2.39. The molecule has 1 aromatic carbocycles. The van der Waals surface area contributed by atoms with Crippen LogP contribution < -0.4 is 14.8 Å². The lowest BCUT2D eigenvalue weighted by atomic mass is 10.2. The van der Waals surface area contributed by atoms with Gasteiger partial charge in [0.1, 0.15) is 11.5 Å². The maximum absolute atomic E-state index is 11.2. The molecule has 1 aromatic rings. The topological polar surface area (TPSA) is 67.8 Å². The van der Waals surface area contributed by atoms with Gasteiger partial charge in [0, 0.05) is 12.1 Å². The molecular weight excluding hydrogens is 234 g/mol. The summed E-state index contributed by atoms with van der Waals surface area (Å²) < 4.78 is 10.5. The minimum Gasteiger partial charge on any atom is -0.497 e. The number of aliphatic hydroxyl groups excluding tert-OH is 1. The summed E-state index contributed by atoms with van der Waals surface area (Å²) >= 11 is 0. The highest BCUT2D eigenvalue weighted by molar-refractivity contribution is 5.75. The molecule has 0 fully saturated rings. The van der Waals surface area contributed by atoms with Crippen LogP contribution in [0.15, 0.2) is 18.2 Å². The molecule has 18 heavy (non-hydrogen) atoms. The van der Waals surface area contributed by atoms with Crippen molar-refractivity contribution in [3.63, 3.8) is 0 Å². The van der Waals surface area contributed by atoms with E-state index < -0.39 is 0 Å². The van der Waals surface area contributed by atoms with Gasteiger partial charge in [0.05, 0.1) is 26.7 Å². The zero-order chi connectivity index (χ0) is 13.4. The Balaban J connectivity index is 2.53. The normalized spacial score (nSPS) is 9.94. The van der Waals surface area contributed by atoms with Gasteiger partial charge >= 0.3 is 0 Å². The van der Waals surface area contributed by atoms with Crippen molar-refractivity contribution in [1.29, 1.82) is 0 Å². The van der Waals surface area contributed by atoms with Crippen LogP contribution in [0, 0.1) is 0 Å². The second-order valence-corrected chi connectivity index (χ2v) is 3.68. The Kier molecular flexibility index (Phi) is 6.00. The van der Waals surface area contributed by atoms with Crippen molar-refractivity contribution >= 4 is 5.91 Å². The van der Waals surface area contributed by atoms with Gasteiger partial charge in [0.15, 0.2) is 0 Å². The Labute approximate surface area is 107 Å². The van der Waals surface area contributed by atoms with Crippen LogP contribution in [-0.2, 0) is 11.4 Å². The van der Waals surface area contributed by atoms with Gasteiger partial charge in [-0.3, -0.25) is 4.79 Å². The quantitative estimate of drug-likeness (QED) is 0.763. The number of aliphatic hydroxyl groups is 1. The van der Waals surface area contributed by atoms with Gasteiger partial charge < -0.3 is 19.9 Å². The van der Waals surface area contributed by atoms with Gasteiger partial charge in [-0.05, 0) is 25.1 Å². The van der Waals surface area contributed by atoms with Crippen LogP contribution in [-0.4, -0.2) is 31.3 Å². The molecule has 0 radical (unpaired) electrons. The third-order valence-electron chi connectivity index (χ3n) is 2.40. The van der Waals surface area contributed by atoms with Crippen LogP contribution >= 0.6 is 0 Å². The number of methoxy groups -OCH3 is 1. The van der Waals surface area contributed by atoms with Crippen molar-refractivity contribution in [3.8, 4) is 11.5 Å². The Bertz CT molecular complexity index is 393. The number of hydrogen-bond donors (Lipinski definition) is 2. The number of carbonyl (C=O) groups is 1. The Morgan fingerprint density at radius 3 is 2.83 bits per heavy atom. The number of carbonyl (C=O) groups excluding carboxylic acids is 1. The average molecular weight is 253 g/mol. The number of hydrogen-bond acceptors (Lipinski definition) is 4. The minimum atomic E-state index is -0.131. The van der Waals surface area contributed by atoms with E-state index in [1.807, 2.05) is 6.92 Å². The summed E-state index contributed by atoms with van der Waals surface area (Å²) in [6, 6.07) is 5.18. The van der Waals surface area contributed by atoms with E-state index >= 15 is 0 Å². The summed E-state index contributed by atoms with van der Waals surface area (Å²) in [5.74, 6) is 1.19. The molecule has 0 bridgehead atoms. The summed E-state index contributed by atoms with van der Waals surface area (Å²) in [6.45, 7) is 2.63. The molecule has 0 saturated heterocycles. The lowest BCUT2D eigenvalue weighted by Gasteiger charge is -2.11. The van der Waals surface area contributed by atoms with Crippen molar-refractivity contribution in [3.05, 3.63) is 23.8 Å². The predicted octanol–water partition coefficient (Wildman–Crippen LogP) is 1.09. The maximum atomic E-state index is 11.2. The molecule has 0 aliphatic carbocycles. The number of benzene rings is 1. The zero-order valence-electron chi connectivity index (χ0n) is 10.7. The van der Waals surface area contributed by atoms with E-state index in [0.717, 1.165) is 0 Å². The first-order valence-corrected chi connectivity index (χ1v) is 5.88. The molecule has 5 heteroatoms. The molecular formula is C13H19NO4. The standard InChI is InChI=1S/C13H19NO4/c1-3-14-13(16)6-7-18-12-5-4-11(17-2)8-10(12)9-15/h4-5,8,15H,3,6-7,9H2,1-2H3,(H,14,16). The molecule has 0 aliphatic heterocycles. The second-order valence-electron chi connectivity index (χ2n) is 3.68. The van der Waals surface area contributed by atoms with Gasteiger partial charge in [-0.2, -0.15) is 0 Å². The fourth-order valence-electron chi connectivity index (χ4n) is 1.49. The Morgan fingerprint density at radius 2 is 2.22 bits per heavy atom. The van der Waals surface area contributed by atoms with Gasteiger partial charge in [-0.25, -0.2) is 0 Å². The zero-order valence-corrected chi connectivity index (χ0v) is 10.7. The minimum absolute atomic E-state index is 0.0449. The molecule has 2 N–H and O–H groups in total. The number of nitrogens with one attached hydrogen (secondary N) is 1. The maximum Gasteiger partial charge on any atom is 0.223 e. The van der Waals surface area contributed by atoms with Crippen molar-refractivity contribution in [2.24, 2.45) is 0 Å². The summed E-state index contributed by atoms with van der Waals surface area (Å²) in [6.07, 6.45) is 0.296. The number of amides is 1. The molecule has 100 valence electrons. The van der Waals surface area contributed by atoms with E-state index in [4.69, 9.17) is 9.47 Å². The highest BCUT2D eigenvalue weighted by Gasteiger charge is 2.06. The molecule has 0 heterocycles. The predicted molar refractivity (Wildman–Crippen MR) is 67.7 cm³/mol. The van der Waals surface area contributed by atoms with Crippen molar-refractivity contribution in [2.75, 3.05) is 20.3 Å². The van der Waals surface area contributed by atoms with E-state index in [2.05, 4.69) is 5.32 Å². The highest BCUT2D eigenvalue weighted by Crippen LogP contribution is 2.24. The van der Waals surface area contributed by atoms with Crippen LogP contribution in [0.4, 0.5) is 0 Å². The molecule has 0 aliphatic rings. The van der Waals surface area contributed by atoms with E-state index in [-0.39, 0.29) is 19.1 Å². The van der Waals surface area contributed by atoms with Crippen LogP contribution in [0.2, 0.25) is 0 Å². The molecule has 0 unspecified atom stereocenters. The molecule has 0 spiro atoms. The van der Waals surface area contributed by atoms with Crippen LogP contribution in [0.25, 0.3) is 0 Å². The lowest BCUT2D eigenvalue weighted by Crippen LogP contribution is -2.24. The molecule has 1 rings (SSSR count). The Hall–Kier alpha value is -1.75. The molecule has 5 nitrogen and oxygen atoms in total. The Morgan fingerprint density at radius 1 is 1.44 bits per heavy atom. The fourth-order valence-corrected chi connectivity index (χ4v) is 1.49. The van der Waals surface area contributed by atoms with E-state index in [0.29, 0.717) is 30.0 Å². The van der Waals surface area contributed by atoms with Gasteiger partial charge in [-0.15, -0.1) is 0 Å². The summed E-state index contributed by atoms with van der Waals surface area (Å²) in [5, 5.41) is 11.9. The van der Waals surface area contributed by atoms with Gasteiger partial charge in [-0.1, -0.05) is 0 Å². The van der Waals surface area contributed by atoms with Crippen molar-refractivity contribution in [1.82, 2.24) is 5.32 Å². The van der Waals surface area contributed by atoms with Crippen LogP contribution in [0.5, 0.6) is 11.5 Å². The molecule has 0 atom stereocenters.